The molecule has 1 nitrogen and oxygen atoms in total. The van der Waals surface area contributed by atoms with Crippen LogP contribution in [0.5, 0.6) is 0 Å². The summed E-state index contributed by atoms with van der Waals surface area (Å²) < 4.78 is 1.06. The summed E-state index contributed by atoms with van der Waals surface area (Å²) in [7, 11) is 0. The summed E-state index contributed by atoms with van der Waals surface area (Å²) in [6.07, 6.45) is 1.75. The van der Waals surface area contributed by atoms with Crippen molar-refractivity contribution in [1.29, 1.82) is 0 Å². The largest absolute Gasteiger partial charge is 0.248 e. The summed E-state index contributed by atoms with van der Waals surface area (Å²) in [4.78, 5) is 4.41. The average molecular weight is 234 g/mol. The minimum atomic E-state index is 0.894. The summed E-state index contributed by atoms with van der Waals surface area (Å²) in [5, 5.41) is 1.13. The monoisotopic (exact) mass is 233 g/mol. The average Bonchev–Trinajstić information content (AvgIpc) is 2.18. The van der Waals surface area contributed by atoms with Gasteiger partial charge in [-0.1, -0.05) is 40.7 Å². The number of rotatable bonds is 1. The van der Waals surface area contributed by atoms with Gasteiger partial charge in [-0.25, -0.2) is 4.98 Å². The predicted molar refractivity (Wildman–Crippen MR) is 59.5 cm³/mol. The van der Waals surface area contributed by atoms with E-state index in [1.807, 2.05) is 30.3 Å². The number of pyridine rings is 1. The highest BCUT2D eigenvalue weighted by Gasteiger charge is 1.99. The molecule has 1 heterocycles. The third kappa shape index (κ3) is 1.49. The zero-order valence-corrected chi connectivity index (χ0v) is 8.58. The number of aromatic nitrogens is 1. The van der Waals surface area contributed by atoms with Crippen molar-refractivity contribution in [3.05, 3.63) is 47.1 Å². The smallest absolute Gasteiger partial charge is 0.0720 e. The third-order valence-corrected chi connectivity index (χ3v) is 2.55. The molecule has 1 aromatic heterocycles. The van der Waals surface area contributed by atoms with Crippen LogP contribution >= 0.6 is 15.9 Å². The first kappa shape index (κ1) is 8.45. The Bertz CT molecular complexity index is 463. The van der Waals surface area contributed by atoms with Crippen molar-refractivity contribution >= 4 is 32.9 Å². The Balaban J connectivity index is 2.84. The number of para-hydroxylation sites is 1. The fraction of sp³-hybridized carbons (Fsp3) is 0. The molecule has 0 aliphatic carbocycles. The van der Waals surface area contributed by atoms with Gasteiger partial charge in [0.25, 0.3) is 0 Å². The summed E-state index contributed by atoms with van der Waals surface area (Å²) in [6, 6.07) is 9.98. The van der Waals surface area contributed by atoms with Crippen LogP contribution in [0.1, 0.15) is 5.69 Å². The van der Waals surface area contributed by atoms with Gasteiger partial charge in [-0.2, -0.15) is 0 Å². The molecule has 0 N–H and O–H groups in total. The van der Waals surface area contributed by atoms with E-state index in [-0.39, 0.29) is 0 Å². The molecular formula is C11H8BrN. The second kappa shape index (κ2) is 3.30. The second-order valence-electron chi connectivity index (χ2n) is 2.75. The minimum Gasteiger partial charge on any atom is -0.248 e. The van der Waals surface area contributed by atoms with Crippen molar-refractivity contribution < 1.29 is 0 Å². The van der Waals surface area contributed by atoms with Gasteiger partial charge in [-0.15, -0.1) is 0 Å². The van der Waals surface area contributed by atoms with Crippen molar-refractivity contribution in [2.45, 2.75) is 0 Å². The Hall–Kier alpha value is -1.15. The van der Waals surface area contributed by atoms with Crippen molar-refractivity contribution in [3.8, 4) is 0 Å². The molecule has 64 valence electrons. The van der Waals surface area contributed by atoms with Crippen LogP contribution < -0.4 is 0 Å². The van der Waals surface area contributed by atoms with Gasteiger partial charge in [-0.05, 0) is 18.2 Å². The highest BCUT2D eigenvalue weighted by molar-refractivity contribution is 9.10. The predicted octanol–water partition coefficient (Wildman–Crippen LogP) is 3.64. The molecule has 0 amide bonds. The van der Waals surface area contributed by atoms with E-state index in [2.05, 4.69) is 27.5 Å². The van der Waals surface area contributed by atoms with Gasteiger partial charge in [-0.3, -0.25) is 0 Å². The Labute approximate surface area is 85.2 Å². The number of benzene rings is 1. The van der Waals surface area contributed by atoms with Crippen LogP contribution in [0.2, 0.25) is 0 Å². The van der Waals surface area contributed by atoms with E-state index in [0.717, 1.165) is 21.1 Å². The molecule has 0 atom stereocenters. The standard InChI is InChI=1S/C11H8BrN/c1-2-8-7-10(12)9-5-3-4-6-11(9)13-8/h2-7H,1H2. The maximum Gasteiger partial charge on any atom is 0.0720 e. The first-order valence-electron chi connectivity index (χ1n) is 3.99. The molecule has 0 aliphatic rings. The Morgan fingerprint density at radius 1 is 1.31 bits per heavy atom. The van der Waals surface area contributed by atoms with Crippen molar-refractivity contribution in [2.24, 2.45) is 0 Å². The molecule has 0 bridgehead atoms. The van der Waals surface area contributed by atoms with Crippen molar-refractivity contribution in [2.75, 3.05) is 0 Å². The quantitative estimate of drug-likeness (QED) is 0.733. The molecule has 0 fully saturated rings. The third-order valence-electron chi connectivity index (χ3n) is 1.89. The molecule has 0 unspecified atom stereocenters. The second-order valence-corrected chi connectivity index (χ2v) is 3.60. The number of nitrogens with zero attached hydrogens (tertiary/aromatic N) is 1. The molecule has 0 spiro atoms. The van der Waals surface area contributed by atoms with Gasteiger partial charge in [0.15, 0.2) is 0 Å². The van der Waals surface area contributed by atoms with Crippen LogP contribution in [-0.4, -0.2) is 4.98 Å². The fourth-order valence-electron chi connectivity index (χ4n) is 1.26. The van der Waals surface area contributed by atoms with E-state index < -0.39 is 0 Å². The lowest BCUT2D eigenvalue weighted by molar-refractivity contribution is 1.36. The Morgan fingerprint density at radius 3 is 2.85 bits per heavy atom. The molecule has 2 rings (SSSR count). The highest BCUT2D eigenvalue weighted by atomic mass is 79.9. The van der Waals surface area contributed by atoms with Gasteiger partial charge >= 0.3 is 0 Å². The van der Waals surface area contributed by atoms with Crippen molar-refractivity contribution in [3.63, 3.8) is 0 Å². The van der Waals surface area contributed by atoms with E-state index in [9.17, 15) is 0 Å². The van der Waals surface area contributed by atoms with Crippen LogP contribution in [0.3, 0.4) is 0 Å². The normalized spacial score (nSPS) is 10.2. The van der Waals surface area contributed by atoms with Crippen LogP contribution in [0.25, 0.3) is 17.0 Å². The van der Waals surface area contributed by atoms with E-state index in [4.69, 9.17) is 0 Å². The Morgan fingerprint density at radius 2 is 2.08 bits per heavy atom. The first-order chi connectivity index (χ1) is 6.31. The molecule has 2 aromatic rings. The van der Waals surface area contributed by atoms with E-state index in [1.165, 1.54) is 0 Å². The Kier molecular flexibility index (Phi) is 2.15. The lowest BCUT2D eigenvalue weighted by Gasteiger charge is -2.01. The number of hydrogen-bond donors (Lipinski definition) is 0. The maximum absolute atomic E-state index is 4.41. The molecule has 1 aromatic carbocycles. The van der Waals surface area contributed by atoms with E-state index in [0.29, 0.717) is 0 Å². The molecule has 13 heavy (non-hydrogen) atoms. The van der Waals surface area contributed by atoms with Crippen LogP contribution in [0.4, 0.5) is 0 Å². The zero-order chi connectivity index (χ0) is 9.26. The SMILES string of the molecule is C=Cc1cc(Br)c2ccccc2n1. The molecule has 0 saturated heterocycles. The van der Waals surface area contributed by atoms with Crippen LogP contribution in [-0.2, 0) is 0 Å². The molecule has 0 radical (unpaired) electrons. The zero-order valence-electron chi connectivity index (χ0n) is 7.00. The van der Waals surface area contributed by atoms with Gasteiger partial charge in [0, 0.05) is 9.86 Å². The summed E-state index contributed by atoms with van der Waals surface area (Å²) in [5.41, 5.74) is 1.89. The van der Waals surface area contributed by atoms with Crippen LogP contribution in [0, 0.1) is 0 Å². The highest BCUT2D eigenvalue weighted by Crippen LogP contribution is 2.23. The summed E-state index contributed by atoms with van der Waals surface area (Å²) in [5.74, 6) is 0. The van der Waals surface area contributed by atoms with Gasteiger partial charge in [0.05, 0.1) is 11.2 Å². The minimum absolute atomic E-state index is 0.894. The van der Waals surface area contributed by atoms with E-state index >= 15 is 0 Å². The number of hydrogen-bond acceptors (Lipinski definition) is 1. The van der Waals surface area contributed by atoms with Crippen molar-refractivity contribution in [1.82, 2.24) is 4.98 Å². The first-order valence-corrected chi connectivity index (χ1v) is 4.78. The van der Waals surface area contributed by atoms with Crippen LogP contribution in [0.15, 0.2) is 41.4 Å². The molecule has 0 aliphatic heterocycles. The maximum atomic E-state index is 4.41. The molecule has 2 heteroatoms. The van der Waals surface area contributed by atoms with Gasteiger partial charge in [0.1, 0.15) is 0 Å². The van der Waals surface area contributed by atoms with E-state index in [1.54, 1.807) is 6.08 Å². The lowest BCUT2D eigenvalue weighted by atomic mass is 10.2. The van der Waals surface area contributed by atoms with Gasteiger partial charge < -0.3 is 0 Å². The lowest BCUT2D eigenvalue weighted by Crippen LogP contribution is -1.83. The van der Waals surface area contributed by atoms with Gasteiger partial charge in [0.2, 0.25) is 0 Å². The number of halogens is 1. The number of fused-ring (bicyclic) bond motifs is 1. The summed E-state index contributed by atoms with van der Waals surface area (Å²) >= 11 is 3.50. The summed E-state index contributed by atoms with van der Waals surface area (Å²) in [6.45, 7) is 3.70. The molecule has 0 saturated carbocycles. The topological polar surface area (TPSA) is 12.9 Å². The fourth-order valence-corrected chi connectivity index (χ4v) is 1.83. The molecular weight excluding hydrogens is 226 g/mol.